The molecular weight excluding hydrogens is 244 g/mol. The first-order valence-corrected chi connectivity index (χ1v) is 7.03. The van der Waals surface area contributed by atoms with Crippen LogP contribution in [0.4, 0.5) is 4.79 Å². The maximum Gasteiger partial charge on any atom is 0.326 e. The van der Waals surface area contributed by atoms with Gasteiger partial charge in [-0.2, -0.15) is 0 Å². The van der Waals surface area contributed by atoms with Crippen LogP contribution in [0.3, 0.4) is 0 Å². The average molecular weight is 270 g/mol. The third kappa shape index (κ3) is 4.40. The minimum absolute atomic E-state index is 0.222. The second kappa shape index (κ2) is 6.26. The van der Waals surface area contributed by atoms with Crippen LogP contribution in [0.15, 0.2) is 0 Å². The first-order chi connectivity index (χ1) is 8.76. The van der Waals surface area contributed by atoms with E-state index in [1.807, 2.05) is 0 Å². The topological polar surface area (TPSA) is 69.6 Å². The third-order valence-electron chi connectivity index (χ3n) is 4.18. The number of aliphatic carboxylic acids is 1. The predicted octanol–water partition coefficient (Wildman–Crippen LogP) is 2.46. The number of amides is 2. The third-order valence-corrected chi connectivity index (χ3v) is 4.18. The van der Waals surface area contributed by atoms with Crippen LogP contribution >= 0.6 is 0 Å². The van der Waals surface area contributed by atoms with Crippen molar-refractivity contribution in [2.75, 3.05) is 7.05 Å². The number of nitrogens with zero attached hydrogens (tertiary/aromatic N) is 1. The van der Waals surface area contributed by atoms with Crippen LogP contribution in [0.5, 0.6) is 0 Å². The molecule has 110 valence electrons. The van der Waals surface area contributed by atoms with Crippen molar-refractivity contribution in [1.29, 1.82) is 0 Å². The van der Waals surface area contributed by atoms with E-state index in [0.29, 0.717) is 11.8 Å². The molecule has 0 bridgehead atoms. The molecule has 0 saturated heterocycles. The molecule has 1 rings (SSSR count). The van der Waals surface area contributed by atoms with Crippen molar-refractivity contribution in [2.45, 2.75) is 65.0 Å². The standard InChI is InChI=1S/C14H26N2O3/c1-5-11(12(17)18)15-13(19)16(4)10-6-8-14(2,3)9-7-10/h10-11H,5-9H2,1-4H3,(H,15,19)(H,17,18)/t11-/m0/s1. The largest absolute Gasteiger partial charge is 0.480 e. The number of carboxylic acid groups (broad SMARTS) is 1. The molecule has 0 radical (unpaired) electrons. The van der Waals surface area contributed by atoms with E-state index in [-0.39, 0.29) is 12.1 Å². The molecule has 1 aliphatic rings. The predicted molar refractivity (Wildman–Crippen MR) is 74.0 cm³/mol. The summed E-state index contributed by atoms with van der Waals surface area (Å²) in [5.41, 5.74) is 0.362. The number of hydrogen-bond acceptors (Lipinski definition) is 2. The molecule has 1 fully saturated rings. The molecule has 0 aromatic rings. The molecule has 2 amide bonds. The highest BCUT2D eigenvalue weighted by atomic mass is 16.4. The summed E-state index contributed by atoms with van der Waals surface area (Å²) in [5, 5.41) is 11.5. The van der Waals surface area contributed by atoms with E-state index in [1.54, 1.807) is 18.9 Å². The number of rotatable bonds is 4. The van der Waals surface area contributed by atoms with Crippen molar-refractivity contribution < 1.29 is 14.7 Å². The van der Waals surface area contributed by atoms with Gasteiger partial charge in [0.05, 0.1) is 0 Å². The average Bonchev–Trinajstić information content (AvgIpc) is 2.34. The van der Waals surface area contributed by atoms with Crippen LogP contribution in [0, 0.1) is 5.41 Å². The highest BCUT2D eigenvalue weighted by Crippen LogP contribution is 2.36. The van der Waals surface area contributed by atoms with Crippen LogP contribution in [-0.2, 0) is 4.79 Å². The lowest BCUT2D eigenvalue weighted by atomic mass is 9.75. The van der Waals surface area contributed by atoms with Crippen molar-refractivity contribution in [3.63, 3.8) is 0 Å². The lowest BCUT2D eigenvalue weighted by molar-refractivity contribution is -0.139. The van der Waals surface area contributed by atoms with Crippen LogP contribution in [0.25, 0.3) is 0 Å². The van der Waals surface area contributed by atoms with Crippen molar-refractivity contribution in [2.24, 2.45) is 5.41 Å². The Balaban J connectivity index is 2.51. The van der Waals surface area contributed by atoms with Gasteiger partial charge in [-0.15, -0.1) is 0 Å². The number of carbonyl (C=O) groups is 2. The second-order valence-corrected chi connectivity index (χ2v) is 6.25. The van der Waals surface area contributed by atoms with E-state index in [2.05, 4.69) is 19.2 Å². The molecular formula is C14H26N2O3. The van der Waals surface area contributed by atoms with Gasteiger partial charge in [-0.25, -0.2) is 9.59 Å². The monoisotopic (exact) mass is 270 g/mol. The van der Waals surface area contributed by atoms with Gasteiger partial charge < -0.3 is 15.3 Å². The van der Waals surface area contributed by atoms with Gasteiger partial charge >= 0.3 is 12.0 Å². The summed E-state index contributed by atoms with van der Waals surface area (Å²) in [6, 6.07) is -0.853. The van der Waals surface area contributed by atoms with Gasteiger partial charge in [0.25, 0.3) is 0 Å². The Morgan fingerprint density at radius 3 is 2.32 bits per heavy atom. The zero-order chi connectivity index (χ0) is 14.6. The molecule has 1 atom stereocenters. The summed E-state index contributed by atoms with van der Waals surface area (Å²) in [4.78, 5) is 24.6. The Morgan fingerprint density at radius 2 is 1.89 bits per heavy atom. The fourth-order valence-corrected chi connectivity index (χ4v) is 2.53. The first kappa shape index (κ1) is 15.8. The normalized spacial score (nSPS) is 20.6. The van der Waals surface area contributed by atoms with Gasteiger partial charge in [0.1, 0.15) is 6.04 Å². The zero-order valence-electron chi connectivity index (χ0n) is 12.4. The van der Waals surface area contributed by atoms with E-state index in [1.165, 1.54) is 0 Å². The molecule has 19 heavy (non-hydrogen) atoms. The molecule has 2 N–H and O–H groups in total. The van der Waals surface area contributed by atoms with E-state index in [4.69, 9.17) is 5.11 Å². The molecule has 0 aromatic heterocycles. The van der Waals surface area contributed by atoms with E-state index in [9.17, 15) is 9.59 Å². The van der Waals surface area contributed by atoms with Crippen LogP contribution in [0.1, 0.15) is 52.9 Å². The Kier molecular flexibility index (Phi) is 5.20. The van der Waals surface area contributed by atoms with Gasteiger partial charge in [0, 0.05) is 13.1 Å². The Hall–Kier alpha value is -1.26. The minimum atomic E-state index is -0.978. The van der Waals surface area contributed by atoms with Crippen molar-refractivity contribution >= 4 is 12.0 Å². The van der Waals surface area contributed by atoms with Crippen LogP contribution in [-0.4, -0.2) is 41.1 Å². The molecule has 0 heterocycles. The van der Waals surface area contributed by atoms with Crippen LogP contribution in [0.2, 0.25) is 0 Å². The number of carbonyl (C=O) groups excluding carboxylic acids is 1. The Bertz CT molecular complexity index is 332. The summed E-state index contributed by atoms with van der Waals surface area (Å²) in [6.45, 7) is 6.25. The lowest BCUT2D eigenvalue weighted by Crippen LogP contribution is -2.50. The van der Waals surface area contributed by atoms with Crippen molar-refractivity contribution in [3.05, 3.63) is 0 Å². The fourth-order valence-electron chi connectivity index (χ4n) is 2.53. The number of hydrogen-bond donors (Lipinski definition) is 2. The SMILES string of the molecule is CC[C@H](NC(=O)N(C)C1CCC(C)(C)CC1)C(=O)O. The first-order valence-electron chi connectivity index (χ1n) is 7.03. The smallest absolute Gasteiger partial charge is 0.326 e. The molecule has 5 nitrogen and oxygen atoms in total. The van der Waals surface area contributed by atoms with Gasteiger partial charge in [-0.05, 0) is 37.5 Å². The van der Waals surface area contributed by atoms with E-state index in [0.717, 1.165) is 25.7 Å². The van der Waals surface area contributed by atoms with Gasteiger partial charge in [-0.1, -0.05) is 20.8 Å². The Morgan fingerprint density at radius 1 is 1.37 bits per heavy atom. The van der Waals surface area contributed by atoms with Crippen molar-refractivity contribution in [3.8, 4) is 0 Å². The molecule has 1 aliphatic carbocycles. The zero-order valence-corrected chi connectivity index (χ0v) is 12.4. The molecule has 0 aliphatic heterocycles. The maximum absolute atomic E-state index is 12.0. The van der Waals surface area contributed by atoms with Crippen molar-refractivity contribution in [1.82, 2.24) is 10.2 Å². The second-order valence-electron chi connectivity index (χ2n) is 6.25. The minimum Gasteiger partial charge on any atom is -0.480 e. The molecule has 0 aromatic carbocycles. The molecule has 0 spiro atoms. The number of urea groups is 1. The summed E-state index contributed by atoms with van der Waals surface area (Å²) in [6.07, 6.45) is 4.57. The van der Waals surface area contributed by atoms with Gasteiger partial charge in [0.15, 0.2) is 0 Å². The highest BCUT2D eigenvalue weighted by molar-refractivity contribution is 5.82. The summed E-state index contributed by atoms with van der Waals surface area (Å²) < 4.78 is 0. The van der Waals surface area contributed by atoms with E-state index < -0.39 is 12.0 Å². The number of carboxylic acids is 1. The quantitative estimate of drug-likeness (QED) is 0.824. The highest BCUT2D eigenvalue weighted by Gasteiger charge is 2.31. The van der Waals surface area contributed by atoms with Gasteiger partial charge in [0.2, 0.25) is 0 Å². The number of nitrogens with one attached hydrogen (secondary N) is 1. The van der Waals surface area contributed by atoms with Gasteiger partial charge in [-0.3, -0.25) is 0 Å². The fraction of sp³-hybridized carbons (Fsp3) is 0.857. The molecule has 5 heteroatoms. The lowest BCUT2D eigenvalue weighted by Gasteiger charge is -2.38. The molecule has 0 unspecified atom stereocenters. The summed E-state index contributed by atoms with van der Waals surface area (Å²) in [5.74, 6) is -0.978. The van der Waals surface area contributed by atoms with Crippen LogP contribution < -0.4 is 5.32 Å². The summed E-state index contributed by atoms with van der Waals surface area (Å²) >= 11 is 0. The summed E-state index contributed by atoms with van der Waals surface area (Å²) in [7, 11) is 1.76. The maximum atomic E-state index is 12.0. The molecule has 1 saturated carbocycles. The Labute approximate surface area is 115 Å². The van der Waals surface area contributed by atoms with E-state index >= 15 is 0 Å².